The Kier molecular flexibility index (Phi) is 5.27. The number of benzene rings is 2. The number of piperazine rings is 1. The van der Waals surface area contributed by atoms with E-state index in [0.717, 1.165) is 31.9 Å². The summed E-state index contributed by atoms with van der Waals surface area (Å²) in [6.07, 6.45) is 0. The summed E-state index contributed by atoms with van der Waals surface area (Å²) in [7, 11) is 0. The van der Waals surface area contributed by atoms with Gasteiger partial charge in [0, 0.05) is 37.6 Å². The van der Waals surface area contributed by atoms with E-state index in [-0.39, 0.29) is 5.78 Å². The van der Waals surface area contributed by atoms with Crippen molar-refractivity contribution in [3.63, 3.8) is 0 Å². The van der Waals surface area contributed by atoms with Gasteiger partial charge >= 0.3 is 0 Å². The summed E-state index contributed by atoms with van der Waals surface area (Å²) in [5.74, 6) is 0.238. The van der Waals surface area contributed by atoms with E-state index in [0.29, 0.717) is 13.1 Å². The average Bonchev–Trinajstić information content (AvgIpc) is 2.62. The molecular formula is C19H23N3O. The van der Waals surface area contributed by atoms with Crippen LogP contribution in [0, 0.1) is 0 Å². The van der Waals surface area contributed by atoms with Gasteiger partial charge in [-0.1, -0.05) is 36.4 Å². The summed E-state index contributed by atoms with van der Waals surface area (Å²) < 4.78 is 0. The summed E-state index contributed by atoms with van der Waals surface area (Å²) in [5, 5.41) is 3.18. The third kappa shape index (κ3) is 4.57. The number of Topliss-reactive ketones (excluding diaryl/α,β-unsaturated/α-hetero) is 1. The molecule has 120 valence electrons. The zero-order valence-corrected chi connectivity index (χ0v) is 13.3. The van der Waals surface area contributed by atoms with Gasteiger partial charge in [-0.25, -0.2) is 0 Å². The van der Waals surface area contributed by atoms with E-state index < -0.39 is 0 Å². The van der Waals surface area contributed by atoms with Crippen LogP contribution in [0.3, 0.4) is 0 Å². The van der Waals surface area contributed by atoms with Gasteiger partial charge in [-0.15, -0.1) is 0 Å². The maximum Gasteiger partial charge on any atom is 0.165 e. The second kappa shape index (κ2) is 7.79. The number of carbonyl (C=O) groups is 1. The second-order valence-electron chi connectivity index (χ2n) is 5.86. The first kappa shape index (κ1) is 15.6. The molecule has 3 rings (SSSR count). The summed E-state index contributed by atoms with van der Waals surface area (Å²) >= 11 is 0. The van der Waals surface area contributed by atoms with Crippen molar-refractivity contribution in [1.82, 2.24) is 4.90 Å². The number of hydrogen-bond donors (Lipinski definition) is 1. The summed E-state index contributed by atoms with van der Waals surface area (Å²) in [6.45, 7) is 4.75. The molecule has 4 heteroatoms. The minimum atomic E-state index is 0.238. The highest BCUT2D eigenvalue weighted by molar-refractivity contribution is 5.84. The monoisotopic (exact) mass is 309 g/mol. The van der Waals surface area contributed by atoms with Crippen molar-refractivity contribution in [2.24, 2.45) is 0 Å². The molecule has 0 radical (unpaired) electrons. The molecule has 0 amide bonds. The van der Waals surface area contributed by atoms with Crippen LogP contribution in [0.2, 0.25) is 0 Å². The van der Waals surface area contributed by atoms with Gasteiger partial charge in [0.1, 0.15) is 0 Å². The molecule has 1 aliphatic heterocycles. The molecule has 1 fully saturated rings. The van der Waals surface area contributed by atoms with E-state index in [1.54, 1.807) is 0 Å². The summed E-state index contributed by atoms with van der Waals surface area (Å²) in [4.78, 5) is 16.7. The number of anilines is 2. The Balaban J connectivity index is 1.41. The Morgan fingerprint density at radius 1 is 0.870 bits per heavy atom. The van der Waals surface area contributed by atoms with Crippen LogP contribution < -0.4 is 10.2 Å². The molecular weight excluding hydrogens is 286 g/mol. The smallest absolute Gasteiger partial charge is 0.165 e. The Morgan fingerprint density at radius 2 is 1.48 bits per heavy atom. The lowest BCUT2D eigenvalue weighted by Crippen LogP contribution is -2.48. The van der Waals surface area contributed by atoms with Crippen molar-refractivity contribution >= 4 is 17.2 Å². The molecule has 0 atom stereocenters. The SMILES string of the molecule is O=C(CNc1ccccc1)CN1CCN(c2ccccc2)CC1. The quantitative estimate of drug-likeness (QED) is 0.889. The molecule has 23 heavy (non-hydrogen) atoms. The number of carbonyl (C=O) groups excluding carboxylic acids is 1. The van der Waals surface area contributed by atoms with Gasteiger partial charge in [-0.2, -0.15) is 0 Å². The topological polar surface area (TPSA) is 35.6 Å². The van der Waals surface area contributed by atoms with Gasteiger partial charge in [0.2, 0.25) is 0 Å². The number of ketones is 1. The van der Waals surface area contributed by atoms with Crippen LogP contribution in [0.25, 0.3) is 0 Å². The van der Waals surface area contributed by atoms with E-state index in [1.807, 2.05) is 36.4 Å². The van der Waals surface area contributed by atoms with Crippen molar-refractivity contribution in [3.8, 4) is 0 Å². The highest BCUT2D eigenvalue weighted by Crippen LogP contribution is 2.15. The second-order valence-corrected chi connectivity index (χ2v) is 5.86. The predicted octanol–water partition coefficient (Wildman–Crippen LogP) is 2.49. The highest BCUT2D eigenvalue weighted by atomic mass is 16.1. The van der Waals surface area contributed by atoms with Gasteiger partial charge in [0.05, 0.1) is 13.1 Å². The zero-order chi connectivity index (χ0) is 15.9. The first-order valence-corrected chi connectivity index (χ1v) is 8.14. The van der Waals surface area contributed by atoms with Crippen LogP contribution in [0.1, 0.15) is 0 Å². The average molecular weight is 309 g/mol. The molecule has 0 aliphatic carbocycles. The third-order valence-electron chi connectivity index (χ3n) is 4.16. The minimum Gasteiger partial charge on any atom is -0.378 e. The van der Waals surface area contributed by atoms with Crippen LogP contribution >= 0.6 is 0 Å². The van der Waals surface area contributed by atoms with E-state index >= 15 is 0 Å². The van der Waals surface area contributed by atoms with Gasteiger partial charge in [0.15, 0.2) is 5.78 Å². The zero-order valence-electron chi connectivity index (χ0n) is 13.3. The largest absolute Gasteiger partial charge is 0.378 e. The van der Waals surface area contributed by atoms with Crippen LogP contribution in [0.15, 0.2) is 60.7 Å². The fraction of sp³-hybridized carbons (Fsp3) is 0.316. The Morgan fingerprint density at radius 3 is 2.13 bits per heavy atom. The minimum absolute atomic E-state index is 0.238. The van der Waals surface area contributed by atoms with Gasteiger partial charge in [-0.05, 0) is 24.3 Å². The number of nitrogens with one attached hydrogen (secondary N) is 1. The standard InChI is InChI=1S/C19H23N3O/c23-19(15-20-17-7-3-1-4-8-17)16-21-11-13-22(14-12-21)18-9-5-2-6-10-18/h1-10,20H,11-16H2. The van der Waals surface area contributed by atoms with Crippen molar-refractivity contribution in [3.05, 3.63) is 60.7 Å². The summed E-state index contributed by atoms with van der Waals surface area (Å²) in [5.41, 5.74) is 2.26. The van der Waals surface area contributed by atoms with E-state index in [9.17, 15) is 4.79 Å². The third-order valence-corrected chi connectivity index (χ3v) is 4.16. The molecule has 2 aromatic carbocycles. The molecule has 0 unspecified atom stereocenters. The fourth-order valence-corrected chi connectivity index (χ4v) is 2.86. The lowest BCUT2D eigenvalue weighted by Gasteiger charge is -2.35. The molecule has 4 nitrogen and oxygen atoms in total. The van der Waals surface area contributed by atoms with Gasteiger partial charge in [-0.3, -0.25) is 9.69 Å². The highest BCUT2D eigenvalue weighted by Gasteiger charge is 2.18. The maximum absolute atomic E-state index is 12.1. The van der Waals surface area contributed by atoms with Gasteiger partial charge < -0.3 is 10.2 Å². The van der Waals surface area contributed by atoms with Crippen LogP contribution in [-0.2, 0) is 4.79 Å². The number of para-hydroxylation sites is 2. The number of rotatable bonds is 6. The van der Waals surface area contributed by atoms with Crippen LogP contribution in [-0.4, -0.2) is 50.0 Å². The maximum atomic E-state index is 12.1. The lowest BCUT2D eigenvalue weighted by atomic mass is 10.2. The van der Waals surface area contributed by atoms with Crippen molar-refractivity contribution in [2.45, 2.75) is 0 Å². The van der Waals surface area contributed by atoms with E-state index in [1.165, 1.54) is 5.69 Å². The van der Waals surface area contributed by atoms with Crippen LogP contribution in [0.4, 0.5) is 11.4 Å². The van der Waals surface area contributed by atoms with Crippen molar-refractivity contribution < 1.29 is 4.79 Å². The summed E-state index contributed by atoms with van der Waals surface area (Å²) in [6, 6.07) is 20.3. The fourth-order valence-electron chi connectivity index (χ4n) is 2.86. The molecule has 0 bridgehead atoms. The van der Waals surface area contributed by atoms with Crippen LogP contribution in [0.5, 0.6) is 0 Å². The molecule has 0 spiro atoms. The molecule has 1 aliphatic rings. The Labute approximate surface area is 137 Å². The molecule has 0 aromatic heterocycles. The van der Waals surface area contributed by atoms with E-state index in [2.05, 4.69) is 39.4 Å². The van der Waals surface area contributed by atoms with Crippen molar-refractivity contribution in [1.29, 1.82) is 0 Å². The molecule has 0 saturated carbocycles. The lowest BCUT2D eigenvalue weighted by molar-refractivity contribution is -0.118. The molecule has 1 heterocycles. The molecule has 2 aromatic rings. The van der Waals surface area contributed by atoms with E-state index in [4.69, 9.17) is 0 Å². The molecule has 1 saturated heterocycles. The predicted molar refractivity (Wildman–Crippen MR) is 95.0 cm³/mol. The molecule has 1 N–H and O–H groups in total. The Hall–Kier alpha value is -2.33. The van der Waals surface area contributed by atoms with Crippen molar-refractivity contribution in [2.75, 3.05) is 49.5 Å². The number of hydrogen-bond acceptors (Lipinski definition) is 4. The number of nitrogens with zero attached hydrogens (tertiary/aromatic N) is 2. The first-order valence-electron chi connectivity index (χ1n) is 8.14. The first-order chi connectivity index (χ1) is 11.3. The van der Waals surface area contributed by atoms with Gasteiger partial charge in [0.25, 0.3) is 0 Å². The normalized spacial score (nSPS) is 15.4. The Bertz CT molecular complexity index is 607.